The molecule has 2 rings (SSSR count). The summed E-state index contributed by atoms with van der Waals surface area (Å²) in [7, 11) is 0. The zero-order valence-electron chi connectivity index (χ0n) is 9.95. The van der Waals surface area contributed by atoms with E-state index in [1.807, 2.05) is 0 Å². The lowest BCUT2D eigenvalue weighted by Gasteiger charge is -2.01. The fourth-order valence-corrected chi connectivity index (χ4v) is 2.68. The lowest BCUT2D eigenvalue weighted by molar-refractivity contribution is -0.385. The Kier molecular flexibility index (Phi) is 4.16. The zero-order chi connectivity index (χ0) is 14.7. The van der Waals surface area contributed by atoms with Crippen molar-refractivity contribution in [3.63, 3.8) is 0 Å². The molecular weight excluding hydrogens is 302 g/mol. The first kappa shape index (κ1) is 14.2. The predicted molar refractivity (Wildman–Crippen MR) is 77.9 cm³/mol. The Labute approximate surface area is 122 Å². The summed E-state index contributed by atoms with van der Waals surface area (Å²) in [4.78, 5) is 22.1. The van der Waals surface area contributed by atoms with Crippen LogP contribution in [0.5, 0.6) is 0 Å². The van der Waals surface area contributed by atoms with Crippen LogP contribution in [0.15, 0.2) is 36.4 Å². The molecule has 1 aromatic heterocycles. The summed E-state index contributed by atoms with van der Waals surface area (Å²) in [6.07, 6.45) is 1.28. The van der Waals surface area contributed by atoms with Crippen LogP contribution in [0.2, 0.25) is 4.34 Å². The number of rotatable bonds is 4. The van der Waals surface area contributed by atoms with Crippen LogP contribution in [0.25, 0.3) is 11.6 Å². The summed E-state index contributed by atoms with van der Waals surface area (Å²) in [5.74, 6) is -1.17. The van der Waals surface area contributed by atoms with E-state index in [2.05, 4.69) is 0 Å². The van der Waals surface area contributed by atoms with Crippen molar-refractivity contribution in [1.29, 1.82) is 0 Å². The third-order valence-electron chi connectivity index (χ3n) is 2.50. The highest BCUT2D eigenvalue weighted by Gasteiger charge is 2.17. The van der Waals surface area contributed by atoms with Crippen LogP contribution < -0.4 is 0 Å². The quantitative estimate of drug-likeness (QED) is 0.527. The molecule has 0 aliphatic carbocycles. The minimum absolute atomic E-state index is 0.0313. The van der Waals surface area contributed by atoms with Gasteiger partial charge in [0.15, 0.2) is 0 Å². The number of nitro groups is 1. The molecule has 0 unspecified atom stereocenters. The number of hydrogen-bond donors (Lipinski definition) is 1. The first-order valence-corrected chi connectivity index (χ1v) is 6.62. The minimum Gasteiger partial charge on any atom is -0.478 e. The van der Waals surface area contributed by atoms with E-state index in [0.29, 0.717) is 9.21 Å². The van der Waals surface area contributed by atoms with E-state index < -0.39 is 10.9 Å². The monoisotopic (exact) mass is 309 g/mol. The first-order valence-electron chi connectivity index (χ1n) is 5.43. The summed E-state index contributed by atoms with van der Waals surface area (Å²) in [5, 5.41) is 20.2. The van der Waals surface area contributed by atoms with Gasteiger partial charge in [-0.3, -0.25) is 10.1 Å². The van der Waals surface area contributed by atoms with Gasteiger partial charge in [-0.05, 0) is 24.3 Å². The highest BCUT2D eigenvalue weighted by atomic mass is 35.5. The second kappa shape index (κ2) is 5.85. The second-order valence-corrected chi connectivity index (χ2v) is 5.50. The van der Waals surface area contributed by atoms with E-state index in [4.69, 9.17) is 11.6 Å². The van der Waals surface area contributed by atoms with Crippen molar-refractivity contribution in [1.82, 2.24) is 0 Å². The third-order valence-corrected chi connectivity index (χ3v) is 3.77. The number of carbonyl (C=O) groups is 1. The standard InChI is InChI=1S/C13H8ClNO4S/c14-12-6-5-11(20-12)9(13(16)17)7-8-3-1-2-4-10(8)15(18)19/h1-7H,(H,16,17)/b9-7-. The van der Waals surface area contributed by atoms with Crippen LogP contribution in [0.3, 0.4) is 0 Å². The van der Waals surface area contributed by atoms with Crippen LogP contribution in [0, 0.1) is 10.1 Å². The molecule has 0 fully saturated rings. The summed E-state index contributed by atoms with van der Waals surface area (Å²) >= 11 is 6.89. The minimum atomic E-state index is -1.17. The van der Waals surface area contributed by atoms with Crippen molar-refractivity contribution in [2.75, 3.05) is 0 Å². The number of carboxylic acid groups (broad SMARTS) is 1. The molecule has 1 N–H and O–H groups in total. The van der Waals surface area contributed by atoms with E-state index >= 15 is 0 Å². The highest BCUT2D eigenvalue weighted by Crippen LogP contribution is 2.31. The Balaban J connectivity index is 2.55. The molecule has 0 spiro atoms. The molecule has 102 valence electrons. The van der Waals surface area contributed by atoms with Gasteiger partial charge in [0.1, 0.15) is 0 Å². The first-order chi connectivity index (χ1) is 9.49. The van der Waals surface area contributed by atoms with E-state index in [9.17, 15) is 20.0 Å². The smallest absolute Gasteiger partial charge is 0.337 e. The Morgan fingerprint density at radius 3 is 2.55 bits per heavy atom. The van der Waals surface area contributed by atoms with Crippen molar-refractivity contribution in [2.45, 2.75) is 0 Å². The number of halogens is 1. The van der Waals surface area contributed by atoms with E-state index in [1.54, 1.807) is 18.2 Å². The molecule has 5 nitrogen and oxygen atoms in total. The molecule has 0 saturated heterocycles. The summed E-state index contributed by atoms with van der Waals surface area (Å²) in [5.41, 5.74) is 0.0597. The maximum atomic E-state index is 11.3. The number of nitro benzene ring substituents is 1. The van der Waals surface area contributed by atoms with Crippen molar-refractivity contribution < 1.29 is 14.8 Å². The van der Waals surface area contributed by atoms with Gasteiger partial charge in [-0.1, -0.05) is 23.7 Å². The number of para-hydroxylation sites is 1. The SMILES string of the molecule is O=C(O)/C(=C\c1ccccc1[N+](=O)[O-])c1ccc(Cl)s1. The van der Waals surface area contributed by atoms with Crippen LogP contribution in [0.4, 0.5) is 5.69 Å². The molecule has 1 heterocycles. The fourth-order valence-electron chi connectivity index (χ4n) is 1.63. The van der Waals surface area contributed by atoms with Gasteiger partial charge in [0.25, 0.3) is 5.69 Å². The van der Waals surface area contributed by atoms with E-state index in [1.165, 1.54) is 24.3 Å². The third kappa shape index (κ3) is 3.04. The van der Waals surface area contributed by atoms with Gasteiger partial charge in [0, 0.05) is 10.9 Å². The van der Waals surface area contributed by atoms with Gasteiger partial charge in [-0.25, -0.2) is 4.79 Å². The fraction of sp³-hybridized carbons (Fsp3) is 0. The number of thiophene rings is 1. The predicted octanol–water partition coefficient (Wildman–Crippen LogP) is 3.93. The molecular formula is C13H8ClNO4S. The molecule has 1 aromatic carbocycles. The summed E-state index contributed by atoms with van der Waals surface area (Å²) in [6, 6.07) is 9.11. The number of nitrogens with zero attached hydrogens (tertiary/aromatic N) is 1. The molecule has 0 radical (unpaired) electrons. The molecule has 0 aliphatic heterocycles. The number of carboxylic acids is 1. The second-order valence-electron chi connectivity index (χ2n) is 3.78. The van der Waals surface area contributed by atoms with Gasteiger partial charge >= 0.3 is 5.97 Å². The molecule has 2 aromatic rings. The van der Waals surface area contributed by atoms with Gasteiger partial charge in [-0.2, -0.15) is 0 Å². The number of aliphatic carboxylic acids is 1. The average molecular weight is 310 g/mol. The van der Waals surface area contributed by atoms with E-state index in [-0.39, 0.29) is 16.8 Å². The average Bonchev–Trinajstić information content (AvgIpc) is 2.82. The van der Waals surface area contributed by atoms with Crippen molar-refractivity contribution in [3.05, 3.63) is 61.3 Å². The molecule has 7 heteroatoms. The lowest BCUT2D eigenvalue weighted by Crippen LogP contribution is -1.99. The molecule has 0 atom stereocenters. The summed E-state index contributed by atoms with van der Waals surface area (Å²) < 4.78 is 0.453. The van der Waals surface area contributed by atoms with Crippen molar-refractivity contribution in [2.24, 2.45) is 0 Å². The van der Waals surface area contributed by atoms with Gasteiger partial charge in [0.2, 0.25) is 0 Å². The normalized spacial score (nSPS) is 11.3. The lowest BCUT2D eigenvalue weighted by atomic mass is 10.1. The molecule has 0 amide bonds. The maximum absolute atomic E-state index is 11.3. The van der Waals surface area contributed by atoms with Crippen LogP contribution >= 0.6 is 22.9 Å². The Hall–Kier alpha value is -2.18. The number of benzene rings is 1. The summed E-state index contributed by atoms with van der Waals surface area (Å²) in [6.45, 7) is 0. The van der Waals surface area contributed by atoms with E-state index in [0.717, 1.165) is 11.3 Å². The van der Waals surface area contributed by atoms with Gasteiger partial charge in [-0.15, -0.1) is 11.3 Å². The van der Waals surface area contributed by atoms with Crippen molar-refractivity contribution in [3.8, 4) is 0 Å². The molecule has 0 saturated carbocycles. The Morgan fingerprint density at radius 1 is 1.30 bits per heavy atom. The van der Waals surface area contributed by atoms with Gasteiger partial charge < -0.3 is 5.11 Å². The zero-order valence-corrected chi connectivity index (χ0v) is 11.5. The van der Waals surface area contributed by atoms with Crippen LogP contribution in [-0.2, 0) is 4.79 Å². The molecule has 0 aliphatic rings. The Morgan fingerprint density at radius 2 is 2.00 bits per heavy atom. The van der Waals surface area contributed by atoms with Crippen molar-refractivity contribution >= 4 is 46.2 Å². The van der Waals surface area contributed by atoms with Crippen LogP contribution in [0.1, 0.15) is 10.4 Å². The number of hydrogen-bond acceptors (Lipinski definition) is 4. The Bertz CT molecular complexity index is 708. The van der Waals surface area contributed by atoms with Gasteiger partial charge in [0.05, 0.1) is 20.4 Å². The topological polar surface area (TPSA) is 80.4 Å². The largest absolute Gasteiger partial charge is 0.478 e. The van der Waals surface area contributed by atoms with Crippen LogP contribution in [-0.4, -0.2) is 16.0 Å². The maximum Gasteiger partial charge on any atom is 0.337 e. The highest BCUT2D eigenvalue weighted by molar-refractivity contribution is 7.17. The molecule has 0 bridgehead atoms. The molecule has 20 heavy (non-hydrogen) atoms.